The first-order valence-electron chi connectivity index (χ1n) is 19.4. The van der Waals surface area contributed by atoms with E-state index in [9.17, 15) is 19.2 Å². The fourth-order valence-corrected chi connectivity index (χ4v) is 11.4. The van der Waals surface area contributed by atoms with Crippen molar-refractivity contribution in [3.63, 3.8) is 0 Å². The first kappa shape index (κ1) is 38.7. The number of hydrogen-bond donors (Lipinski definition) is 1. The summed E-state index contributed by atoms with van der Waals surface area (Å²) < 4.78 is 65.0. The zero-order chi connectivity index (χ0) is 41.2. The van der Waals surface area contributed by atoms with Crippen LogP contribution in [0.25, 0.3) is 37.7 Å². The van der Waals surface area contributed by atoms with Crippen LogP contribution in [0.3, 0.4) is 0 Å². The fourth-order valence-electron chi connectivity index (χ4n) is 10.1. The van der Waals surface area contributed by atoms with Crippen LogP contribution in [-0.4, -0.2) is 94.7 Å². The highest BCUT2D eigenvalue weighted by Crippen LogP contribution is 2.63. The lowest BCUT2D eigenvalue weighted by Crippen LogP contribution is -2.50. The van der Waals surface area contributed by atoms with Crippen LogP contribution < -0.4 is 15.4 Å². The first-order chi connectivity index (χ1) is 27.6. The number of carbonyl (C=O) groups is 2. The van der Waals surface area contributed by atoms with E-state index in [0.717, 1.165) is 30.7 Å². The molecule has 0 spiro atoms. The second-order valence-electron chi connectivity index (χ2n) is 16.7. The molecule has 1 saturated carbocycles. The Morgan fingerprint density at radius 3 is 2.66 bits per heavy atom. The van der Waals surface area contributed by atoms with Crippen LogP contribution in [0.1, 0.15) is 64.5 Å². The number of allylic oxidation sites excluding steroid dienone is 1. The van der Waals surface area contributed by atoms with Gasteiger partial charge in [-0.25, -0.2) is 18.0 Å². The van der Waals surface area contributed by atoms with E-state index in [1.165, 1.54) is 19.1 Å². The molecule has 4 aliphatic heterocycles. The van der Waals surface area contributed by atoms with Crippen molar-refractivity contribution in [3.8, 4) is 23.2 Å². The Bertz CT molecular complexity index is 2510. The lowest BCUT2D eigenvalue weighted by Gasteiger charge is -2.36. The lowest BCUT2D eigenvalue weighted by molar-refractivity contribution is -0.170. The van der Waals surface area contributed by atoms with E-state index < -0.39 is 59.1 Å². The van der Waals surface area contributed by atoms with Crippen molar-refractivity contribution < 1.29 is 37.0 Å². The SMILES string of the molecule is C=C1CC2(C)[C@@H]3[C@H]2N(C(=O)OC(C)OC(=O)C(C)C)CCN3c2nc(OCC34CCCN3C[C@H](F)C4)nc3c(F)c(-c4ccc(F)c5sc(N)c(C#N)c45)c(Cl)c1c23. The maximum absolute atomic E-state index is 17.6. The predicted octanol–water partition coefficient (Wildman–Crippen LogP) is 7.83. The van der Waals surface area contributed by atoms with Crippen molar-refractivity contribution in [3.05, 3.63) is 46.5 Å². The molecule has 304 valence electrons. The molecule has 0 radical (unpaired) electrons. The molecule has 3 saturated heterocycles. The average Bonchev–Trinajstić information content (AvgIpc) is 3.44. The molecule has 58 heavy (non-hydrogen) atoms. The van der Waals surface area contributed by atoms with Crippen molar-refractivity contribution >= 4 is 72.4 Å². The molecule has 6 heterocycles. The average molecular weight is 836 g/mol. The Hall–Kier alpha value is -4.85. The standard InChI is InChI=1S/C41H41ClF3N7O5S/c1-18(2)37(53)56-20(4)57-39(54)52-12-11-51-33-34(52)40(33,5)13-19(3)25-28-31(48-38(49-36(28)51)55-17-41-9-6-10-50(41)16-21(43)14-41)30(45)27(29(25)42)22-7-8-24(44)32-26(22)23(15-46)35(47)58-32/h7-8,18,20-21,33-34H,3,6,9-14,16-17,47H2,1-2,4-5H3/t20?,21-,33+,34-,40?,41?/m1/s1. The number of hydrogen-bond acceptors (Lipinski definition) is 12. The quantitative estimate of drug-likeness (QED) is 0.144. The molecule has 2 N–H and O–H groups in total. The maximum Gasteiger partial charge on any atom is 0.413 e. The van der Waals surface area contributed by atoms with Gasteiger partial charge in [-0.3, -0.25) is 9.69 Å². The minimum atomic E-state index is -1.12. The molecule has 2 aromatic heterocycles. The van der Waals surface area contributed by atoms with Gasteiger partial charge in [0.2, 0.25) is 6.29 Å². The van der Waals surface area contributed by atoms with Crippen molar-refractivity contribution in [1.82, 2.24) is 19.8 Å². The van der Waals surface area contributed by atoms with Gasteiger partial charge in [0.1, 0.15) is 41.0 Å². The van der Waals surface area contributed by atoms with Crippen LogP contribution >= 0.6 is 22.9 Å². The minimum absolute atomic E-state index is 0.00410. The van der Waals surface area contributed by atoms with Crippen LogP contribution in [-0.2, 0) is 14.3 Å². The van der Waals surface area contributed by atoms with Crippen LogP contribution in [0.2, 0.25) is 5.02 Å². The molecular weight excluding hydrogens is 795 g/mol. The summed E-state index contributed by atoms with van der Waals surface area (Å²) in [7, 11) is 0. The first-order valence-corrected chi connectivity index (χ1v) is 20.6. The monoisotopic (exact) mass is 835 g/mol. The van der Waals surface area contributed by atoms with E-state index in [4.69, 9.17) is 36.5 Å². The Morgan fingerprint density at radius 2 is 1.91 bits per heavy atom. The Labute approximate surface area is 341 Å². The lowest BCUT2D eigenvalue weighted by atomic mass is 9.86. The van der Waals surface area contributed by atoms with Gasteiger partial charge >= 0.3 is 18.1 Å². The van der Waals surface area contributed by atoms with Crippen molar-refractivity contribution in [2.45, 2.75) is 83.5 Å². The number of nitrogens with zero attached hydrogens (tertiary/aromatic N) is 6. The summed E-state index contributed by atoms with van der Waals surface area (Å²) >= 11 is 8.21. The number of aromatic nitrogens is 2. The molecule has 4 aromatic rings. The maximum atomic E-state index is 17.6. The second-order valence-corrected chi connectivity index (χ2v) is 18.1. The number of fused-ring (bicyclic) bond motifs is 4. The fraction of sp³-hybridized carbons (Fsp3) is 0.488. The van der Waals surface area contributed by atoms with Crippen LogP contribution in [0, 0.1) is 34.3 Å². The number of piperazine rings is 1. The van der Waals surface area contributed by atoms with Gasteiger partial charge in [-0.1, -0.05) is 45.0 Å². The Morgan fingerprint density at radius 1 is 1.14 bits per heavy atom. The van der Waals surface area contributed by atoms with Crippen LogP contribution in [0.4, 0.5) is 28.8 Å². The molecule has 1 aliphatic carbocycles. The van der Waals surface area contributed by atoms with Gasteiger partial charge in [0, 0.05) is 54.9 Å². The molecule has 3 unspecified atom stereocenters. The number of thiophene rings is 1. The van der Waals surface area contributed by atoms with Gasteiger partial charge in [0.25, 0.3) is 0 Å². The molecule has 9 rings (SSSR count). The topological polar surface area (TPSA) is 147 Å². The molecule has 0 bridgehead atoms. The molecule has 12 nitrogen and oxygen atoms in total. The van der Waals surface area contributed by atoms with Gasteiger partial charge in [-0.05, 0) is 43.0 Å². The van der Waals surface area contributed by atoms with Gasteiger partial charge in [0.15, 0.2) is 5.82 Å². The predicted molar refractivity (Wildman–Crippen MR) is 213 cm³/mol. The zero-order valence-electron chi connectivity index (χ0n) is 32.3. The summed E-state index contributed by atoms with van der Waals surface area (Å²) in [5, 5.41) is 10.6. The number of anilines is 2. The highest BCUT2D eigenvalue weighted by atomic mass is 35.5. The smallest absolute Gasteiger partial charge is 0.413 e. The molecule has 4 fully saturated rings. The summed E-state index contributed by atoms with van der Waals surface area (Å²) in [6.45, 7) is 12.9. The molecule has 1 amide bonds. The van der Waals surface area contributed by atoms with E-state index in [0.29, 0.717) is 36.3 Å². The highest BCUT2D eigenvalue weighted by Gasteiger charge is 2.70. The minimum Gasteiger partial charge on any atom is -0.461 e. The summed E-state index contributed by atoms with van der Waals surface area (Å²) in [5.41, 5.74) is 5.78. The van der Waals surface area contributed by atoms with E-state index >= 15 is 8.78 Å². The molecular formula is C41H41ClF3N7O5S. The van der Waals surface area contributed by atoms with Gasteiger partial charge < -0.3 is 29.7 Å². The number of alkyl halides is 1. The van der Waals surface area contributed by atoms with E-state index in [-0.39, 0.29) is 79.5 Å². The Kier molecular flexibility index (Phi) is 9.07. The number of nitriles is 1. The third-order valence-corrected chi connectivity index (χ3v) is 14.1. The zero-order valence-corrected chi connectivity index (χ0v) is 33.9. The third-order valence-electron chi connectivity index (χ3n) is 12.7. The summed E-state index contributed by atoms with van der Waals surface area (Å²) in [4.78, 5) is 41.3. The third kappa shape index (κ3) is 5.71. The normalized spacial score (nSPS) is 26.6. The summed E-state index contributed by atoms with van der Waals surface area (Å²) in [6, 6.07) is 3.73. The number of halogens is 4. The van der Waals surface area contributed by atoms with E-state index in [1.54, 1.807) is 18.7 Å². The number of ether oxygens (including phenoxy) is 3. The number of benzene rings is 2. The number of esters is 1. The van der Waals surface area contributed by atoms with Gasteiger partial charge in [0.05, 0.1) is 44.2 Å². The van der Waals surface area contributed by atoms with Crippen molar-refractivity contribution in [2.75, 3.05) is 43.4 Å². The van der Waals surface area contributed by atoms with Crippen molar-refractivity contribution in [1.29, 1.82) is 5.26 Å². The summed E-state index contributed by atoms with van der Waals surface area (Å²) in [5.74, 6) is -2.06. The second kappa shape index (κ2) is 13.6. The molecule has 5 aliphatic rings. The number of amides is 1. The van der Waals surface area contributed by atoms with Crippen LogP contribution in [0.5, 0.6) is 6.01 Å². The van der Waals surface area contributed by atoms with Gasteiger partial charge in [-0.2, -0.15) is 15.2 Å². The largest absolute Gasteiger partial charge is 0.461 e. The molecule has 17 heteroatoms. The number of nitrogen functional groups attached to an aromatic ring is 1. The number of nitrogens with two attached hydrogens (primary N) is 1. The summed E-state index contributed by atoms with van der Waals surface area (Å²) in [6.07, 6.45) is -0.547. The van der Waals surface area contributed by atoms with E-state index in [2.05, 4.69) is 16.5 Å². The van der Waals surface area contributed by atoms with Crippen LogP contribution in [0.15, 0.2) is 18.7 Å². The number of carbonyl (C=O) groups excluding carboxylic acids is 2. The van der Waals surface area contributed by atoms with Gasteiger partial charge in [-0.15, -0.1) is 11.3 Å². The molecule has 2 aromatic carbocycles. The van der Waals surface area contributed by atoms with E-state index in [1.807, 2.05) is 17.9 Å². The Balaban J connectivity index is 1.19. The highest BCUT2D eigenvalue weighted by molar-refractivity contribution is 7.23. The molecule has 6 atom stereocenters. The number of rotatable bonds is 7. The van der Waals surface area contributed by atoms with Crippen molar-refractivity contribution in [2.24, 2.45) is 11.3 Å².